The standard InChI is InChI=1S/C13H14N2O/c1-14(2)15-12(7-5-9-16)10-11-6-3-4-8-13(11)15/h3-6,8,10H,7H2,1-2H3. The molecule has 0 saturated heterocycles. The SMILES string of the molecule is CN(C)n1c(CC=C=O)cc2ccccc21. The van der Waals surface area contributed by atoms with Crippen molar-refractivity contribution >= 4 is 16.8 Å². The Kier molecular flexibility index (Phi) is 2.80. The molecule has 2 aromatic rings. The van der Waals surface area contributed by atoms with Crippen molar-refractivity contribution in [3.8, 4) is 0 Å². The summed E-state index contributed by atoms with van der Waals surface area (Å²) in [5.74, 6) is 1.82. The van der Waals surface area contributed by atoms with E-state index in [0.29, 0.717) is 6.42 Å². The van der Waals surface area contributed by atoms with Gasteiger partial charge < -0.3 is 5.01 Å². The molecule has 0 atom stereocenters. The number of rotatable bonds is 3. The number of para-hydroxylation sites is 1. The highest BCUT2D eigenvalue weighted by atomic mass is 16.1. The van der Waals surface area contributed by atoms with Crippen molar-refractivity contribution in [2.45, 2.75) is 6.42 Å². The first-order valence-corrected chi connectivity index (χ1v) is 5.20. The summed E-state index contributed by atoms with van der Waals surface area (Å²) in [6.07, 6.45) is 2.12. The average molecular weight is 214 g/mol. The molecule has 0 radical (unpaired) electrons. The summed E-state index contributed by atoms with van der Waals surface area (Å²) in [5, 5.41) is 3.20. The molecular formula is C13H14N2O. The summed E-state index contributed by atoms with van der Waals surface area (Å²) in [4.78, 5) is 10.3. The van der Waals surface area contributed by atoms with Crippen LogP contribution in [0.25, 0.3) is 10.9 Å². The van der Waals surface area contributed by atoms with Gasteiger partial charge in [0.15, 0.2) is 0 Å². The van der Waals surface area contributed by atoms with Crippen LogP contribution in [0.4, 0.5) is 0 Å². The number of carbonyl (C=O) groups excluding carboxylic acids is 1. The highest BCUT2D eigenvalue weighted by molar-refractivity contribution is 5.81. The summed E-state index contributed by atoms with van der Waals surface area (Å²) >= 11 is 0. The van der Waals surface area contributed by atoms with Gasteiger partial charge in [-0.05, 0) is 12.1 Å². The van der Waals surface area contributed by atoms with Gasteiger partial charge in [0, 0.05) is 37.7 Å². The molecule has 2 rings (SSSR count). The lowest BCUT2D eigenvalue weighted by Crippen LogP contribution is -2.26. The van der Waals surface area contributed by atoms with Gasteiger partial charge in [-0.25, -0.2) is 4.79 Å². The maximum absolute atomic E-state index is 10.3. The minimum atomic E-state index is 0.608. The summed E-state index contributed by atoms with van der Waals surface area (Å²) in [6.45, 7) is 0. The van der Waals surface area contributed by atoms with Crippen LogP contribution < -0.4 is 5.01 Å². The van der Waals surface area contributed by atoms with Gasteiger partial charge in [0.2, 0.25) is 0 Å². The first-order chi connectivity index (χ1) is 7.74. The van der Waals surface area contributed by atoms with E-state index in [9.17, 15) is 4.79 Å². The van der Waals surface area contributed by atoms with Gasteiger partial charge in [0.25, 0.3) is 0 Å². The van der Waals surface area contributed by atoms with E-state index in [0.717, 1.165) is 11.2 Å². The van der Waals surface area contributed by atoms with Crippen molar-refractivity contribution in [2.75, 3.05) is 19.1 Å². The van der Waals surface area contributed by atoms with E-state index >= 15 is 0 Å². The Morgan fingerprint density at radius 1 is 1.38 bits per heavy atom. The molecule has 0 aliphatic rings. The normalized spacial score (nSPS) is 10.1. The molecule has 0 unspecified atom stereocenters. The molecule has 0 aliphatic carbocycles. The zero-order chi connectivity index (χ0) is 11.5. The highest BCUT2D eigenvalue weighted by Crippen LogP contribution is 2.19. The minimum absolute atomic E-state index is 0.608. The molecule has 82 valence electrons. The Labute approximate surface area is 94.6 Å². The van der Waals surface area contributed by atoms with E-state index in [2.05, 4.69) is 22.9 Å². The van der Waals surface area contributed by atoms with Crippen LogP contribution in [-0.4, -0.2) is 24.7 Å². The molecule has 0 bridgehead atoms. The number of hydrogen-bond acceptors (Lipinski definition) is 2. The lowest BCUT2D eigenvalue weighted by molar-refractivity contribution is 0.568. The van der Waals surface area contributed by atoms with Crippen molar-refractivity contribution in [3.05, 3.63) is 42.1 Å². The predicted molar refractivity (Wildman–Crippen MR) is 66.0 cm³/mol. The third kappa shape index (κ3) is 1.73. The Bertz CT molecular complexity index is 548. The second-order valence-electron chi connectivity index (χ2n) is 3.88. The summed E-state index contributed by atoms with van der Waals surface area (Å²) in [7, 11) is 3.97. The maximum Gasteiger partial charge on any atom is 0.120 e. The van der Waals surface area contributed by atoms with E-state index in [-0.39, 0.29) is 0 Å². The maximum atomic E-state index is 10.3. The minimum Gasteiger partial charge on any atom is -0.319 e. The van der Waals surface area contributed by atoms with Gasteiger partial charge in [-0.15, -0.1) is 0 Å². The van der Waals surface area contributed by atoms with E-state index in [1.165, 1.54) is 11.5 Å². The van der Waals surface area contributed by atoms with Gasteiger partial charge in [-0.2, -0.15) is 0 Å². The Balaban J connectivity index is 2.62. The topological polar surface area (TPSA) is 25.2 Å². The molecule has 0 saturated carbocycles. The largest absolute Gasteiger partial charge is 0.319 e. The summed E-state index contributed by atoms with van der Waals surface area (Å²) in [5.41, 5.74) is 2.25. The predicted octanol–water partition coefficient (Wildman–Crippen LogP) is 1.77. The third-order valence-corrected chi connectivity index (χ3v) is 2.55. The fraction of sp³-hybridized carbons (Fsp3) is 0.231. The number of fused-ring (bicyclic) bond motifs is 1. The first kappa shape index (κ1) is 10.5. The Hall–Kier alpha value is -1.99. The van der Waals surface area contributed by atoms with Crippen LogP contribution in [0.5, 0.6) is 0 Å². The Morgan fingerprint density at radius 3 is 2.81 bits per heavy atom. The van der Waals surface area contributed by atoms with Crippen molar-refractivity contribution in [2.24, 2.45) is 0 Å². The van der Waals surface area contributed by atoms with Crippen molar-refractivity contribution in [1.82, 2.24) is 4.68 Å². The zero-order valence-corrected chi connectivity index (χ0v) is 9.47. The lowest BCUT2D eigenvalue weighted by atomic mass is 10.2. The monoisotopic (exact) mass is 214 g/mol. The second-order valence-corrected chi connectivity index (χ2v) is 3.88. The van der Waals surface area contributed by atoms with Crippen LogP contribution >= 0.6 is 0 Å². The molecule has 0 amide bonds. The molecule has 1 aromatic carbocycles. The van der Waals surface area contributed by atoms with Crippen LogP contribution in [0, 0.1) is 0 Å². The Morgan fingerprint density at radius 2 is 2.12 bits per heavy atom. The molecule has 16 heavy (non-hydrogen) atoms. The lowest BCUT2D eigenvalue weighted by Gasteiger charge is -2.19. The van der Waals surface area contributed by atoms with Gasteiger partial charge in [-0.1, -0.05) is 18.2 Å². The summed E-state index contributed by atoms with van der Waals surface area (Å²) in [6, 6.07) is 10.3. The highest BCUT2D eigenvalue weighted by Gasteiger charge is 2.08. The molecule has 0 spiro atoms. The van der Waals surface area contributed by atoms with Crippen LogP contribution in [0.2, 0.25) is 0 Å². The zero-order valence-electron chi connectivity index (χ0n) is 9.47. The van der Waals surface area contributed by atoms with Crippen LogP contribution in [0.15, 0.2) is 36.4 Å². The van der Waals surface area contributed by atoms with Gasteiger partial charge in [-0.3, -0.25) is 4.68 Å². The molecule has 3 nitrogen and oxygen atoms in total. The number of hydrogen-bond donors (Lipinski definition) is 0. The van der Waals surface area contributed by atoms with Gasteiger partial charge >= 0.3 is 0 Å². The molecule has 1 heterocycles. The smallest absolute Gasteiger partial charge is 0.120 e. The first-order valence-electron chi connectivity index (χ1n) is 5.20. The molecule has 3 heteroatoms. The average Bonchev–Trinajstić information content (AvgIpc) is 2.64. The van der Waals surface area contributed by atoms with E-state index in [4.69, 9.17) is 0 Å². The fourth-order valence-electron chi connectivity index (χ4n) is 1.96. The quantitative estimate of drug-likeness (QED) is 0.727. The summed E-state index contributed by atoms with van der Waals surface area (Å²) < 4.78 is 2.10. The molecular weight excluding hydrogens is 200 g/mol. The third-order valence-electron chi connectivity index (χ3n) is 2.55. The number of benzene rings is 1. The molecule has 0 aliphatic heterocycles. The van der Waals surface area contributed by atoms with Gasteiger partial charge in [0.1, 0.15) is 5.94 Å². The number of allylic oxidation sites excluding steroid dienone is 1. The van der Waals surface area contributed by atoms with Crippen LogP contribution in [0.1, 0.15) is 5.69 Å². The van der Waals surface area contributed by atoms with Crippen molar-refractivity contribution in [1.29, 1.82) is 0 Å². The van der Waals surface area contributed by atoms with E-state index < -0.39 is 0 Å². The van der Waals surface area contributed by atoms with Gasteiger partial charge in [0.05, 0.1) is 5.52 Å². The van der Waals surface area contributed by atoms with E-state index in [1.807, 2.05) is 37.2 Å². The second kappa shape index (κ2) is 4.25. The van der Waals surface area contributed by atoms with E-state index in [1.54, 1.807) is 0 Å². The molecule has 0 N–H and O–H groups in total. The number of aromatic nitrogens is 1. The van der Waals surface area contributed by atoms with Crippen molar-refractivity contribution in [3.63, 3.8) is 0 Å². The molecule has 1 aromatic heterocycles. The number of nitrogens with zero attached hydrogens (tertiary/aromatic N) is 2. The van der Waals surface area contributed by atoms with Crippen molar-refractivity contribution < 1.29 is 4.79 Å². The van der Waals surface area contributed by atoms with Crippen LogP contribution in [-0.2, 0) is 11.2 Å². The molecule has 0 fully saturated rings. The fourth-order valence-corrected chi connectivity index (χ4v) is 1.96. The van der Waals surface area contributed by atoms with Crippen LogP contribution in [0.3, 0.4) is 0 Å².